The van der Waals surface area contributed by atoms with E-state index in [4.69, 9.17) is 4.74 Å². The van der Waals surface area contributed by atoms with Crippen molar-refractivity contribution in [1.82, 2.24) is 10.3 Å². The molecule has 0 radical (unpaired) electrons. The number of nitrogens with zero attached hydrogens (tertiary/aromatic N) is 2. The highest BCUT2D eigenvalue weighted by Crippen LogP contribution is 2.30. The number of hydrogen-bond donors (Lipinski definition) is 1. The van der Waals surface area contributed by atoms with Crippen LogP contribution >= 0.6 is 11.3 Å². The molecule has 0 spiro atoms. The topological polar surface area (TPSA) is 88.6 Å². The lowest BCUT2D eigenvalue weighted by Gasteiger charge is -2.15. The van der Waals surface area contributed by atoms with E-state index in [0.717, 1.165) is 29.0 Å². The molecule has 1 aliphatic heterocycles. The number of nitrogens with one attached hydrogen (secondary N) is 1. The molecule has 1 saturated heterocycles. The summed E-state index contributed by atoms with van der Waals surface area (Å²) in [6.07, 6.45) is 5.10. The lowest BCUT2D eigenvalue weighted by Crippen LogP contribution is -2.33. The number of carbonyl (C=O) groups excluding carboxylic acids is 3. The predicted molar refractivity (Wildman–Crippen MR) is 110 cm³/mol. The minimum Gasteiger partial charge on any atom is -0.442 e. The first-order chi connectivity index (χ1) is 14.0. The van der Waals surface area contributed by atoms with E-state index in [9.17, 15) is 14.4 Å². The summed E-state index contributed by atoms with van der Waals surface area (Å²) in [6.45, 7) is 2.07. The van der Waals surface area contributed by atoms with E-state index in [1.165, 1.54) is 18.3 Å². The van der Waals surface area contributed by atoms with Gasteiger partial charge >= 0.3 is 6.09 Å². The Morgan fingerprint density at radius 1 is 1.38 bits per heavy atom. The highest BCUT2D eigenvalue weighted by molar-refractivity contribution is 7.10. The molecule has 2 aliphatic rings. The van der Waals surface area contributed by atoms with E-state index >= 15 is 0 Å². The zero-order chi connectivity index (χ0) is 20.4. The van der Waals surface area contributed by atoms with Crippen molar-refractivity contribution in [3.05, 3.63) is 51.5 Å². The summed E-state index contributed by atoms with van der Waals surface area (Å²) in [5, 5.41) is 5.39. The second-order valence-electron chi connectivity index (χ2n) is 7.12. The van der Waals surface area contributed by atoms with Gasteiger partial charge < -0.3 is 10.1 Å². The summed E-state index contributed by atoms with van der Waals surface area (Å²) in [6, 6.07) is 5.48. The SMILES string of the molecule is CC(=O)NCC1CN(c2ccc3c(c2)CCCC(=Cc2nccs2)C3=O)C(=O)O1. The predicted octanol–water partition coefficient (Wildman–Crippen LogP) is 3.21. The second-order valence-corrected chi connectivity index (χ2v) is 8.04. The lowest BCUT2D eigenvalue weighted by molar-refractivity contribution is -0.119. The van der Waals surface area contributed by atoms with Crippen molar-refractivity contribution in [2.75, 3.05) is 18.0 Å². The normalized spacial score (nSPS) is 20.4. The smallest absolute Gasteiger partial charge is 0.414 e. The molecule has 1 atom stereocenters. The van der Waals surface area contributed by atoms with Crippen LogP contribution in [0.25, 0.3) is 6.08 Å². The lowest BCUT2D eigenvalue weighted by atomic mass is 9.99. The molecular weight excluding hydrogens is 390 g/mol. The molecule has 7 nitrogen and oxygen atoms in total. The van der Waals surface area contributed by atoms with Gasteiger partial charge in [0.05, 0.1) is 13.1 Å². The minimum atomic E-state index is -0.440. The first-order valence-electron chi connectivity index (χ1n) is 9.51. The van der Waals surface area contributed by atoms with Crippen molar-refractivity contribution >= 4 is 40.9 Å². The van der Waals surface area contributed by atoms with Crippen molar-refractivity contribution < 1.29 is 19.1 Å². The number of thiazole rings is 1. The number of Topliss-reactive ketones (excluding diaryl/α,β-unsaturated/α-hetero) is 1. The molecule has 1 aromatic carbocycles. The van der Waals surface area contributed by atoms with Gasteiger partial charge in [-0.25, -0.2) is 9.78 Å². The van der Waals surface area contributed by atoms with Gasteiger partial charge in [0.25, 0.3) is 0 Å². The average molecular weight is 411 g/mol. The molecule has 0 bridgehead atoms. The molecule has 4 rings (SSSR count). The number of ketones is 1. The molecule has 1 unspecified atom stereocenters. The summed E-state index contributed by atoms with van der Waals surface area (Å²) < 4.78 is 5.33. The van der Waals surface area contributed by atoms with Gasteiger partial charge in [0.2, 0.25) is 5.91 Å². The maximum absolute atomic E-state index is 13.0. The van der Waals surface area contributed by atoms with Crippen LogP contribution in [-0.2, 0) is 16.0 Å². The monoisotopic (exact) mass is 411 g/mol. The number of anilines is 1. The van der Waals surface area contributed by atoms with Crippen molar-refractivity contribution in [3.63, 3.8) is 0 Å². The molecule has 1 N–H and O–H groups in total. The quantitative estimate of drug-likeness (QED) is 0.617. The van der Waals surface area contributed by atoms with Gasteiger partial charge in [0.1, 0.15) is 11.1 Å². The number of rotatable bonds is 4. The fraction of sp³-hybridized carbons (Fsp3) is 0.333. The van der Waals surface area contributed by atoms with Crippen LogP contribution in [0.1, 0.15) is 40.7 Å². The first-order valence-corrected chi connectivity index (χ1v) is 10.4. The van der Waals surface area contributed by atoms with Gasteiger partial charge in [-0.2, -0.15) is 0 Å². The molecule has 0 saturated carbocycles. The van der Waals surface area contributed by atoms with Gasteiger partial charge in [0, 0.05) is 35.3 Å². The Bertz CT molecular complexity index is 984. The minimum absolute atomic E-state index is 0.0202. The zero-order valence-electron chi connectivity index (χ0n) is 16.0. The molecule has 1 aromatic heterocycles. The maximum Gasteiger partial charge on any atom is 0.414 e. The third-order valence-corrected chi connectivity index (χ3v) is 5.75. The number of ether oxygens (including phenoxy) is 1. The summed E-state index contributed by atoms with van der Waals surface area (Å²) in [5.74, 6) is -0.142. The Hall–Kier alpha value is -3.00. The molecule has 29 heavy (non-hydrogen) atoms. The van der Waals surface area contributed by atoms with Crippen LogP contribution in [0.2, 0.25) is 0 Å². The average Bonchev–Trinajstić information content (AvgIpc) is 3.31. The Morgan fingerprint density at radius 3 is 3.00 bits per heavy atom. The van der Waals surface area contributed by atoms with Gasteiger partial charge in [-0.15, -0.1) is 11.3 Å². The molecule has 8 heteroatoms. The van der Waals surface area contributed by atoms with Crippen molar-refractivity contribution in [1.29, 1.82) is 0 Å². The highest BCUT2D eigenvalue weighted by Gasteiger charge is 2.33. The van der Waals surface area contributed by atoms with Gasteiger partial charge in [-0.05, 0) is 49.1 Å². The third-order valence-electron chi connectivity index (χ3n) is 5.03. The van der Waals surface area contributed by atoms with E-state index in [1.807, 2.05) is 17.5 Å². The number of amides is 2. The Balaban J connectivity index is 1.55. The van der Waals surface area contributed by atoms with Crippen LogP contribution in [0.15, 0.2) is 35.3 Å². The number of cyclic esters (lactones) is 1. The number of fused-ring (bicyclic) bond motifs is 1. The van der Waals surface area contributed by atoms with Crippen molar-refractivity contribution in [2.24, 2.45) is 0 Å². The number of carbonyl (C=O) groups is 3. The molecule has 2 aromatic rings. The van der Waals surface area contributed by atoms with Crippen LogP contribution in [0, 0.1) is 0 Å². The van der Waals surface area contributed by atoms with Crippen LogP contribution in [0.5, 0.6) is 0 Å². The molecule has 1 fully saturated rings. The van der Waals surface area contributed by atoms with Gasteiger partial charge in [-0.1, -0.05) is 0 Å². The van der Waals surface area contributed by atoms with Crippen LogP contribution < -0.4 is 10.2 Å². The Morgan fingerprint density at radius 2 is 2.24 bits per heavy atom. The number of aromatic nitrogens is 1. The fourth-order valence-corrected chi connectivity index (χ4v) is 4.21. The standard InChI is InChI=1S/C21H21N3O4S/c1-13(25)23-11-17-12-24(21(27)28-17)16-5-6-18-14(9-16)3-2-4-15(20(18)26)10-19-22-7-8-29-19/h5-10,17H,2-4,11-12H2,1H3,(H,23,25). The van der Waals surface area contributed by atoms with Gasteiger partial charge in [-0.3, -0.25) is 14.5 Å². The second kappa shape index (κ2) is 8.16. The zero-order valence-corrected chi connectivity index (χ0v) is 16.8. The number of allylic oxidation sites excluding steroid dienone is 1. The largest absolute Gasteiger partial charge is 0.442 e. The highest BCUT2D eigenvalue weighted by atomic mass is 32.1. The number of aryl methyl sites for hydroxylation is 1. The maximum atomic E-state index is 13.0. The number of hydrogen-bond acceptors (Lipinski definition) is 6. The van der Waals surface area contributed by atoms with E-state index in [2.05, 4.69) is 10.3 Å². The van der Waals surface area contributed by atoms with Crippen molar-refractivity contribution in [3.8, 4) is 0 Å². The van der Waals surface area contributed by atoms with Crippen LogP contribution in [-0.4, -0.2) is 42.0 Å². The van der Waals surface area contributed by atoms with E-state index in [0.29, 0.717) is 24.2 Å². The van der Waals surface area contributed by atoms with Crippen LogP contribution in [0.4, 0.5) is 10.5 Å². The fourth-order valence-electron chi connectivity index (χ4n) is 3.62. The molecule has 2 heterocycles. The van der Waals surface area contributed by atoms with E-state index in [-0.39, 0.29) is 24.3 Å². The molecule has 1 aliphatic carbocycles. The Labute approximate surface area is 172 Å². The Kier molecular flexibility index (Phi) is 5.44. The summed E-state index contributed by atoms with van der Waals surface area (Å²) in [7, 11) is 0. The van der Waals surface area contributed by atoms with Crippen molar-refractivity contribution in [2.45, 2.75) is 32.3 Å². The third kappa shape index (κ3) is 4.22. The molecule has 150 valence electrons. The summed E-state index contributed by atoms with van der Waals surface area (Å²) in [4.78, 5) is 42.2. The summed E-state index contributed by atoms with van der Waals surface area (Å²) >= 11 is 1.51. The van der Waals surface area contributed by atoms with Crippen LogP contribution in [0.3, 0.4) is 0 Å². The number of benzene rings is 1. The van der Waals surface area contributed by atoms with E-state index in [1.54, 1.807) is 23.2 Å². The summed E-state index contributed by atoms with van der Waals surface area (Å²) in [5.41, 5.74) is 3.09. The van der Waals surface area contributed by atoms with Gasteiger partial charge in [0.15, 0.2) is 5.78 Å². The molecule has 2 amide bonds. The van der Waals surface area contributed by atoms with E-state index < -0.39 is 6.09 Å². The first kappa shape index (κ1) is 19.3. The molecular formula is C21H21N3O4S.